The molecule has 2 aliphatic heterocycles. The van der Waals surface area contributed by atoms with Crippen LogP contribution in [-0.4, -0.2) is 25.3 Å². The van der Waals surface area contributed by atoms with Gasteiger partial charge in [0.1, 0.15) is 12.4 Å². The summed E-state index contributed by atoms with van der Waals surface area (Å²) in [4.78, 5) is 26.8. The summed E-state index contributed by atoms with van der Waals surface area (Å²) in [5.74, 6) is -0.653. The van der Waals surface area contributed by atoms with E-state index in [0.717, 1.165) is 15.4 Å². The van der Waals surface area contributed by atoms with Crippen LogP contribution < -0.4 is 5.32 Å². The third-order valence-electron chi connectivity index (χ3n) is 4.81. The smallest absolute Gasteiger partial charge is 0.456 e. The lowest BCUT2D eigenvalue weighted by Crippen LogP contribution is -2.28. The van der Waals surface area contributed by atoms with Crippen molar-refractivity contribution in [1.29, 1.82) is 0 Å². The first-order valence-electron chi connectivity index (χ1n) is 9.63. The molecule has 30 heavy (non-hydrogen) atoms. The summed E-state index contributed by atoms with van der Waals surface area (Å²) in [6, 6.07) is 17.8. The first kappa shape index (κ1) is 20.1. The molecular weight excluding hydrogens is 402 g/mol. The Morgan fingerprint density at radius 3 is 2.67 bits per heavy atom. The molecule has 0 saturated heterocycles. The molecule has 0 radical (unpaired) electrons. The average Bonchev–Trinajstić information content (AvgIpc) is 3.10. The van der Waals surface area contributed by atoms with E-state index in [1.165, 1.54) is 0 Å². The van der Waals surface area contributed by atoms with E-state index in [0.29, 0.717) is 22.7 Å². The molecule has 2 aromatic carbocycles. The molecule has 7 heteroatoms. The van der Waals surface area contributed by atoms with Gasteiger partial charge in [0.05, 0.1) is 29.5 Å². The Morgan fingerprint density at radius 1 is 1.17 bits per heavy atom. The van der Waals surface area contributed by atoms with E-state index in [-0.39, 0.29) is 13.2 Å². The summed E-state index contributed by atoms with van der Waals surface area (Å²) in [5, 5.41) is 3.15. The number of carbonyl (C=O) groups is 2. The molecule has 1 N–H and O–H groups in total. The lowest BCUT2D eigenvalue weighted by molar-refractivity contribution is -0.136. The maximum absolute atomic E-state index is 12.6. The Labute approximate surface area is 178 Å². The summed E-state index contributed by atoms with van der Waals surface area (Å²) in [5.41, 5.74) is 2.65. The number of dihydropyridines is 1. The Morgan fingerprint density at radius 2 is 1.90 bits per heavy atom. The highest BCUT2D eigenvalue weighted by Crippen LogP contribution is 2.45. The van der Waals surface area contributed by atoms with Crippen LogP contribution in [0.3, 0.4) is 0 Å². The molecule has 0 amide bonds. The molecule has 0 spiro atoms. The maximum atomic E-state index is 12.6. The Kier molecular flexibility index (Phi) is 5.81. The van der Waals surface area contributed by atoms with E-state index < -0.39 is 18.0 Å². The van der Waals surface area contributed by atoms with Crippen LogP contribution in [0.1, 0.15) is 25.3 Å². The zero-order valence-corrected chi connectivity index (χ0v) is 17.5. The molecule has 2 aliphatic rings. The van der Waals surface area contributed by atoms with E-state index in [2.05, 4.69) is 5.32 Å². The molecule has 0 aliphatic carbocycles. The molecule has 6 nitrogen and oxygen atoms in total. The number of rotatable bonds is 5. The summed E-state index contributed by atoms with van der Waals surface area (Å²) in [7, 11) is 0. The van der Waals surface area contributed by atoms with Gasteiger partial charge >= 0.3 is 12.1 Å². The minimum absolute atomic E-state index is 0.169. The van der Waals surface area contributed by atoms with Gasteiger partial charge in [0.15, 0.2) is 0 Å². The van der Waals surface area contributed by atoms with Crippen molar-refractivity contribution < 1.29 is 23.8 Å². The van der Waals surface area contributed by atoms with Gasteiger partial charge in [0, 0.05) is 9.79 Å². The zero-order valence-electron chi connectivity index (χ0n) is 16.6. The molecule has 0 fully saturated rings. The summed E-state index contributed by atoms with van der Waals surface area (Å²) in [6.07, 6.45) is -0.803. The first-order chi connectivity index (χ1) is 14.6. The van der Waals surface area contributed by atoms with E-state index in [9.17, 15) is 9.59 Å². The zero-order chi connectivity index (χ0) is 21.1. The molecule has 0 saturated carbocycles. The van der Waals surface area contributed by atoms with E-state index in [1.807, 2.05) is 54.6 Å². The Balaban J connectivity index is 1.79. The van der Waals surface area contributed by atoms with E-state index >= 15 is 0 Å². The van der Waals surface area contributed by atoms with Crippen LogP contribution in [0, 0.1) is 0 Å². The largest absolute Gasteiger partial charge is 0.513 e. The lowest BCUT2D eigenvalue weighted by Gasteiger charge is -2.28. The van der Waals surface area contributed by atoms with Crippen molar-refractivity contribution in [1.82, 2.24) is 5.32 Å². The van der Waals surface area contributed by atoms with Gasteiger partial charge in [-0.3, -0.25) is 0 Å². The van der Waals surface area contributed by atoms with Gasteiger partial charge in [0.2, 0.25) is 0 Å². The summed E-state index contributed by atoms with van der Waals surface area (Å²) >= 11 is 1.59. The normalized spacial score (nSPS) is 17.9. The lowest BCUT2D eigenvalue weighted by atomic mass is 9.85. The van der Waals surface area contributed by atoms with Crippen molar-refractivity contribution in [3.05, 3.63) is 82.9 Å². The van der Waals surface area contributed by atoms with E-state index in [4.69, 9.17) is 14.2 Å². The molecule has 1 atom stereocenters. The number of hydrogen-bond donors (Lipinski definition) is 1. The van der Waals surface area contributed by atoms with Gasteiger partial charge in [-0.1, -0.05) is 48.2 Å². The van der Waals surface area contributed by atoms with Crippen LogP contribution in [0.2, 0.25) is 0 Å². The quantitative estimate of drug-likeness (QED) is 0.696. The predicted octanol–water partition coefficient (Wildman–Crippen LogP) is 4.74. The second-order valence-corrected chi connectivity index (χ2v) is 7.87. The minimum Gasteiger partial charge on any atom is -0.456 e. The monoisotopic (exact) mass is 423 g/mol. The van der Waals surface area contributed by atoms with Crippen molar-refractivity contribution in [3.63, 3.8) is 0 Å². The molecule has 1 unspecified atom stereocenters. The fourth-order valence-corrected chi connectivity index (χ4v) is 4.54. The van der Waals surface area contributed by atoms with Crippen LogP contribution in [0.4, 0.5) is 4.79 Å². The van der Waals surface area contributed by atoms with Gasteiger partial charge in [0.25, 0.3) is 0 Å². The van der Waals surface area contributed by atoms with Crippen LogP contribution >= 0.6 is 11.8 Å². The highest BCUT2D eigenvalue weighted by Gasteiger charge is 2.41. The van der Waals surface area contributed by atoms with Crippen molar-refractivity contribution in [2.75, 3.05) is 13.2 Å². The van der Waals surface area contributed by atoms with E-state index in [1.54, 1.807) is 25.6 Å². The number of esters is 1. The first-order valence-corrected chi connectivity index (χ1v) is 10.4. The van der Waals surface area contributed by atoms with Gasteiger partial charge in [-0.2, -0.15) is 0 Å². The number of carbonyl (C=O) groups excluding carboxylic acids is 2. The van der Waals surface area contributed by atoms with Crippen LogP contribution in [0.5, 0.6) is 0 Å². The molecular formula is C23H21NO5S. The topological polar surface area (TPSA) is 73.9 Å². The third kappa shape index (κ3) is 3.93. The second kappa shape index (κ2) is 8.67. The van der Waals surface area contributed by atoms with Crippen molar-refractivity contribution in [2.24, 2.45) is 0 Å². The number of cyclic esters (lactones) is 1. The van der Waals surface area contributed by atoms with Gasteiger partial charge in [-0.15, -0.1) is 0 Å². The predicted molar refractivity (Wildman–Crippen MR) is 112 cm³/mol. The molecule has 0 aromatic heterocycles. The number of benzene rings is 2. The summed E-state index contributed by atoms with van der Waals surface area (Å²) < 4.78 is 15.8. The number of ether oxygens (including phenoxy) is 3. The maximum Gasteiger partial charge on any atom is 0.513 e. The van der Waals surface area contributed by atoms with Gasteiger partial charge in [-0.25, -0.2) is 9.59 Å². The van der Waals surface area contributed by atoms with Crippen LogP contribution in [0.15, 0.2) is 87.1 Å². The Bertz CT molecular complexity index is 1040. The SMILES string of the molecule is CCOC(=O)OC1=C(C)NC2=C(C(=O)OC2)C1c1ccccc1Sc1ccccc1. The molecule has 154 valence electrons. The second-order valence-electron chi connectivity index (χ2n) is 6.75. The van der Waals surface area contributed by atoms with Crippen LogP contribution in [-0.2, 0) is 19.0 Å². The third-order valence-corrected chi connectivity index (χ3v) is 5.91. The highest BCUT2D eigenvalue weighted by molar-refractivity contribution is 7.99. The molecule has 0 bridgehead atoms. The highest BCUT2D eigenvalue weighted by atomic mass is 32.2. The van der Waals surface area contributed by atoms with Gasteiger partial charge in [-0.05, 0) is 37.6 Å². The number of allylic oxidation sites excluding steroid dienone is 2. The standard InChI is InChI=1S/C23H21NO5S/c1-3-27-23(26)29-21-14(2)24-17-13-28-22(25)20(17)19(21)16-11-7-8-12-18(16)30-15-9-5-4-6-10-15/h4-12,19,24H,3,13H2,1-2H3. The number of nitrogens with one attached hydrogen (secondary N) is 1. The fourth-order valence-electron chi connectivity index (χ4n) is 3.54. The molecule has 2 heterocycles. The Hall–Kier alpha value is -3.19. The molecule has 2 aromatic rings. The number of hydrogen-bond acceptors (Lipinski definition) is 7. The van der Waals surface area contributed by atoms with Crippen molar-refractivity contribution in [2.45, 2.75) is 29.6 Å². The van der Waals surface area contributed by atoms with Gasteiger partial charge < -0.3 is 19.5 Å². The summed E-state index contributed by atoms with van der Waals surface area (Å²) in [6.45, 7) is 3.88. The average molecular weight is 423 g/mol. The van der Waals surface area contributed by atoms with Crippen molar-refractivity contribution >= 4 is 23.9 Å². The minimum atomic E-state index is -0.803. The fraction of sp³-hybridized carbons (Fsp3) is 0.217. The molecule has 4 rings (SSSR count). The van der Waals surface area contributed by atoms with Crippen LogP contribution in [0.25, 0.3) is 0 Å². The van der Waals surface area contributed by atoms with Crippen molar-refractivity contribution in [3.8, 4) is 0 Å².